The fourth-order valence-corrected chi connectivity index (χ4v) is 1.11. The molecule has 5 nitrogen and oxygen atoms in total. The lowest BCUT2D eigenvalue weighted by molar-refractivity contribution is 0.566. The van der Waals surface area contributed by atoms with Gasteiger partial charge in [0.05, 0.1) is 0 Å². The molecule has 0 atom stereocenters. The van der Waals surface area contributed by atoms with Crippen molar-refractivity contribution in [3.05, 3.63) is 5.82 Å². The van der Waals surface area contributed by atoms with Gasteiger partial charge in [0, 0.05) is 6.54 Å². The van der Waals surface area contributed by atoms with Gasteiger partial charge in [-0.25, -0.2) is 0 Å². The zero-order valence-electron chi connectivity index (χ0n) is 8.54. The number of H-pyrrole nitrogens is 1. The Hall–Kier alpha value is -1.57. The van der Waals surface area contributed by atoms with E-state index in [1.165, 1.54) is 6.42 Å². The molecular formula is C9H15N5. The highest BCUT2D eigenvalue weighted by Crippen LogP contribution is 2.04. The van der Waals surface area contributed by atoms with Crippen molar-refractivity contribution in [1.29, 1.82) is 5.26 Å². The Balaban J connectivity index is 2.22. The third-order valence-electron chi connectivity index (χ3n) is 1.84. The molecule has 5 heteroatoms. The summed E-state index contributed by atoms with van der Waals surface area (Å²) in [7, 11) is 0. The minimum absolute atomic E-state index is 0.247. The number of aromatic nitrogens is 3. The first-order chi connectivity index (χ1) is 6.72. The average Bonchev–Trinajstić information content (AvgIpc) is 2.60. The van der Waals surface area contributed by atoms with Crippen LogP contribution in [-0.2, 0) is 0 Å². The molecule has 0 saturated carbocycles. The van der Waals surface area contributed by atoms with E-state index in [0.29, 0.717) is 5.95 Å². The third-order valence-corrected chi connectivity index (χ3v) is 1.84. The summed E-state index contributed by atoms with van der Waals surface area (Å²) in [4.78, 5) is 2.76. The molecule has 1 aromatic heterocycles. The van der Waals surface area contributed by atoms with Crippen LogP contribution >= 0.6 is 0 Å². The number of nitrogens with one attached hydrogen (secondary N) is 2. The molecule has 0 aliphatic heterocycles. The first-order valence-corrected chi connectivity index (χ1v) is 4.79. The minimum Gasteiger partial charge on any atom is -0.354 e. The monoisotopic (exact) mass is 193 g/mol. The van der Waals surface area contributed by atoms with Crippen molar-refractivity contribution in [3.63, 3.8) is 0 Å². The Morgan fingerprint density at radius 1 is 1.50 bits per heavy atom. The zero-order valence-corrected chi connectivity index (χ0v) is 8.54. The van der Waals surface area contributed by atoms with Gasteiger partial charge in [0.2, 0.25) is 11.8 Å². The van der Waals surface area contributed by atoms with E-state index in [1.54, 1.807) is 0 Å². The number of nitriles is 1. The maximum Gasteiger partial charge on any atom is 0.233 e. The number of hydrogen-bond donors (Lipinski definition) is 2. The third kappa shape index (κ3) is 3.44. The number of aromatic amines is 1. The largest absolute Gasteiger partial charge is 0.354 e. The molecule has 0 aromatic carbocycles. The Labute approximate surface area is 83.5 Å². The van der Waals surface area contributed by atoms with Crippen molar-refractivity contribution in [2.24, 2.45) is 5.92 Å². The maximum absolute atomic E-state index is 8.48. The Bertz CT molecular complexity index is 309. The lowest BCUT2D eigenvalue weighted by Gasteiger charge is -2.04. The Morgan fingerprint density at radius 3 is 2.86 bits per heavy atom. The van der Waals surface area contributed by atoms with Crippen LogP contribution in [0.2, 0.25) is 0 Å². The Morgan fingerprint density at radius 2 is 2.29 bits per heavy atom. The highest BCUT2D eigenvalue weighted by atomic mass is 15.3. The van der Waals surface area contributed by atoms with E-state index in [2.05, 4.69) is 34.3 Å². The predicted octanol–water partition coefficient (Wildman–Crippen LogP) is 1.52. The first-order valence-electron chi connectivity index (χ1n) is 4.79. The van der Waals surface area contributed by atoms with Gasteiger partial charge < -0.3 is 5.32 Å². The van der Waals surface area contributed by atoms with Crippen LogP contribution < -0.4 is 5.32 Å². The zero-order chi connectivity index (χ0) is 10.4. The van der Waals surface area contributed by atoms with Crippen LogP contribution in [0.3, 0.4) is 0 Å². The maximum atomic E-state index is 8.48. The molecule has 0 bridgehead atoms. The molecule has 76 valence electrons. The van der Waals surface area contributed by atoms with E-state index in [9.17, 15) is 0 Å². The van der Waals surface area contributed by atoms with Gasteiger partial charge in [-0.1, -0.05) is 13.8 Å². The van der Waals surface area contributed by atoms with Gasteiger partial charge in [0.25, 0.3) is 0 Å². The van der Waals surface area contributed by atoms with E-state index in [-0.39, 0.29) is 5.82 Å². The van der Waals surface area contributed by atoms with Crippen LogP contribution in [0, 0.1) is 17.2 Å². The quantitative estimate of drug-likeness (QED) is 0.695. The van der Waals surface area contributed by atoms with Gasteiger partial charge in [0.15, 0.2) is 0 Å². The van der Waals surface area contributed by atoms with E-state index in [4.69, 9.17) is 5.26 Å². The van der Waals surface area contributed by atoms with E-state index >= 15 is 0 Å². The van der Waals surface area contributed by atoms with Crippen LogP contribution in [0.15, 0.2) is 0 Å². The number of anilines is 1. The highest BCUT2D eigenvalue weighted by Gasteiger charge is 2.00. The van der Waals surface area contributed by atoms with Gasteiger partial charge in [-0.15, -0.1) is 10.2 Å². The fourth-order valence-electron chi connectivity index (χ4n) is 1.11. The molecule has 2 N–H and O–H groups in total. The lowest BCUT2D eigenvalue weighted by atomic mass is 10.1. The topological polar surface area (TPSA) is 77.4 Å². The normalized spacial score (nSPS) is 10.1. The number of rotatable bonds is 5. The van der Waals surface area contributed by atoms with Crippen LogP contribution in [0.5, 0.6) is 0 Å². The van der Waals surface area contributed by atoms with Gasteiger partial charge >= 0.3 is 0 Å². The second-order valence-electron chi connectivity index (χ2n) is 3.60. The molecule has 1 heterocycles. The summed E-state index contributed by atoms with van der Waals surface area (Å²) in [6.07, 6.45) is 2.28. The summed E-state index contributed by atoms with van der Waals surface area (Å²) in [6.45, 7) is 5.25. The molecule has 0 amide bonds. The molecular weight excluding hydrogens is 178 g/mol. The summed E-state index contributed by atoms with van der Waals surface area (Å²) in [5, 5.41) is 18.9. The van der Waals surface area contributed by atoms with Crippen molar-refractivity contribution < 1.29 is 0 Å². The van der Waals surface area contributed by atoms with Gasteiger partial charge in [-0.05, 0) is 18.8 Å². The second-order valence-corrected chi connectivity index (χ2v) is 3.60. The van der Waals surface area contributed by atoms with E-state index in [0.717, 1.165) is 18.9 Å². The minimum atomic E-state index is 0.247. The van der Waals surface area contributed by atoms with Crippen LogP contribution in [0.4, 0.5) is 5.95 Å². The van der Waals surface area contributed by atoms with Crippen LogP contribution in [0.1, 0.15) is 32.5 Å². The molecule has 0 spiro atoms. The van der Waals surface area contributed by atoms with E-state index < -0.39 is 0 Å². The predicted molar refractivity (Wildman–Crippen MR) is 53.7 cm³/mol. The molecule has 0 saturated heterocycles. The van der Waals surface area contributed by atoms with Crippen molar-refractivity contribution in [3.8, 4) is 6.07 Å². The van der Waals surface area contributed by atoms with Crippen molar-refractivity contribution >= 4 is 5.95 Å². The van der Waals surface area contributed by atoms with Crippen LogP contribution in [0.25, 0.3) is 0 Å². The van der Waals surface area contributed by atoms with Crippen molar-refractivity contribution in [2.45, 2.75) is 26.7 Å². The average molecular weight is 193 g/mol. The SMILES string of the molecule is CC(C)CCCNc1nnc(C#N)[nH]1. The van der Waals surface area contributed by atoms with Gasteiger partial charge in [-0.2, -0.15) is 5.26 Å². The first kappa shape index (κ1) is 10.5. The van der Waals surface area contributed by atoms with Gasteiger partial charge in [-0.3, -0.25) is 4.98 Å². The molecule has 0 fully saturated rings. The van der Waals surface area contributed by atoms with Gasteiger partial charge in [0.1, 0.15) is 6.07 Å². The molecule has 0 unspecified atom stereocenters. The summed E-state index contributed by atoms with van der Waals surface area (Å²) >= 11 is 0. The smallest absolute Gasteiger partial charge is 0.233 e. The molecule has 0 radical (unpaired) electrons. The molecule has 14 heavy (non-hydrogen) atoms. The molecule has 1 rings (SSSR count). The lowest BCUT2D eigenvalue weighted by Crippen LogP contribution is -2.04. The number of hydrogen-bond acceptors (Lipinski definition) is 4. The Kier molecular flexibility index (Phi) is 3.92. The van der Waals surface area contributed by atoms with Crippen molar-refractivity contribution in [1.82, 2.24) is 15.2 Å². The summed E-state index contributed by atoms with van der Waals surface area (Å²) in [5.74, 6) is 1.54. The summed E-state index contributed by atoms with van der Waals surface area (Å²) < 4.78 is 0. The molecule has 0 aliphatic rings. The fraction of sp³-hybridized carbons (Fsp3) is 0.667. The summed E-state index contributed by atoms with van der Waals surface area (Å²) in [5.41, 5.74) is 0. The summed E-state index contributed by atoms with van der Waals surface area (Å²) in [6, 6.07) is 1.89. The van der Waals surface area contributed by atoms with Crippen LogP contribution in [-0.4, -0.2) is 21.7 Å². The standard InChI is InChI=1S/C9H15N5/c1-7(2)4-3-5-11-9-12-8(6-10)13-14-9/h7H,3-5H2,1-2H3,(H2,11,12,13,14). The highest BCUT2D eigenvalue weighted by molar-refractivity contribution is 5.25. The number of nitrogens with zero attached hydrogens (tertiary/aromatic N) is 3. The van der Waals surface area contributed by atoms with Crippen molar-refractivity contribution in [2.75, 3.05) is 11.9 Å². The second kappa shape index (κ2) is 5.22. The molecule has 1 aromatic rings. The van der Waals surface area contributed by atoms with E-state index in [1.807, 2.05) is 6.07 Å². The molecule has 0 aliphatic carbocycles.